The van der Waals surface area contributed by atoms with Crippen molar-refractivity contribution in [1.29, 1.82) is 0 Å². The van der Waals surface area contributed by atoms with E-state index in [9.17, 15) is 0 Å². The lowest BCUT2D eigenvalue weighted by Crippen LogP contribution is -2.04. The Balaban J connectivity index is 1.83. The standard InChI is InChI=1S/C17H17N3O/c1-21-17-15(18)9-10-16(20-17)19-11-13-7-4-6-12-5-2-3-8-14(12)13/h2-10H,11,18H2,1H3,(H,19,20). The van der Waals surface area contributed by atoms with Gasteiger partial charge in [0, 0.05) is 6.54 Å². The molecule has 0 aliphatic rings. The molecule has 3 N–H and O–H groups in total. The van der Waals surface area contributed by atoms with Gasteiger partial charge in [0.05, 0.1) is 12.8 Å². The number of nitrogens with zero attached hydrogens (tertiary/aromatic N) is 1. The summed E-state index contributed by atoms with van der Waals surface area (Å²) in [4.78, 5) is 4.33. The smallest absolute Gasteiger partial charge is 0.238 e. The van der Waals surface area contributed by atoms with E-state index in [1.807, 2.05) is 12.1 Å². The second-order valence-electron chi connectivity index (χ2n) is 4.79. The maximum atomic E-state index is 5.77. The zero-order chi connectivity index (χ0) is 14.7. The molecule has 3 rings (SSSR count). The molecule has 0 spiro atoms. The summed E-state index contributed by atoms with van der Waals surface area (Å²) in [5.74, 6) is 1.19. The summed E-state index contributed by atoms with van der Waals surface area (Å²) in [6.07, 6.45) is 0. The molecule has 4 heteroatoms. The van der Waals surface area contributed by atoms with Crippen LogP contribution in [0.1, 0.15) is 5.56 Å². The molecule has 0 atom stereocenters. The van der Waals surface area contributed by atoms with E-state index in [0.717, 1.165) is 5.82 Å². The van der Waals surface area contributed by atoms with Gasteiger partial charge in [-0.1, -0.05) is 42.5 Å². The molecule has 4 nitrogen and oxygen atoms in total. The van der Waals surface area contributed by atoms with Gasteiger partial charge in [0.2, 0.25) is 5.88 Å². The van der Waals surface area contributed by atoms with Crippen molar-refractivity contribution in [1.82, 2.24) is 4.98 Å². The Hall–Kier alpha value is -2.75. The zero-order valence-corrected chi connectivity index (χ0v) is 11.8. The summed E-state index contributed by atoms with van der Waals surface area (Å²) >= 11 is 0. The number of anilines is 2. The largest absolute Gasteiger partial charge is 0.479 e. The number of hydrogen-bond donors (Lipinski definition) is 2. The van der Waals surface area contributed by atoms with Crippen LogP contribution in [-0.4, -0.2) is 12.1 Å². The average molecular weight is 279 g/mol. The first kappa shape index (κ1) is 13.2. The Morgan fingerprint density at radius 1 is 1.05 bits per heavy atom. The van der Waals surface area contributed by atoms with Gasteiger partial charge in [0.15, 0.2) is 0 Å². The third kappa shape index (κ3) is 2.74. The lowest BCUT2D eigenvalue weighted by molar-refractivity contribution is 0.401. The molecule has 0 bridgehead atoms. The third-order valence-electron chi connectivity index (χ3n) is 3.42. The van der Waals surface area contributed by atoms with Crippen molar-refractivity contribution in [2.75, 3.05) is 18.2 Å². The van der Waals surface area contributed by atoms with Gasteiger partial charge in [-0.25, -0.2) is 0 Å². The van der Waals surface area contributed by atoms with Crippen LogP contribution in [0.25, 0.3) is 10.8 Å². The molecule has 0 saturated heterocycles. The quantitative estimate of drug-likeness (QED) is 0.768. The normalized spacial score (nSPS) is 10.5. The Labute approximate surface area is 123 Å². The fraction of sp³-hybridized carbons (Fsp3) is 0.118. The van der Waals surface area contributed by atoms with Crippen LogP contribution in [0.5, 0.6) is 5.88 Å². The second kappa shape index (κ2) is 5.71. The lowest BCUT2D eigenvalue weighted by Gasteiger charge is -2.10. The van der Waals surface area contributed by atoms with Gasteiger partial charge in [-0.2, -0.15) is 4.98 Å². The zero-order valence-electron chi connectivity index (χ0n) is 11.8. The summed E-state index contributed by atoms with van der Waals surface area (Å²) in [6, 6.07) is 18.3. The number of nitrogen functional groups attached to an aromatic ring is 1. The highest BCUT2D eigenvalue weighted by Gasteiger charge is 2.04. The summed E-state index contributed by atoms with van der Waals surface area (Å²) in [7, 11) is 1.56. The van der Waals surface area contributed by atoms with Crippen molar-refractivity contribution >= 4 is 22.3 Å². The van der Waals surface area contributed by atoms with Gasteiger partial charge in [0.1, 0.15) is 5.82 Å². The maximum Gasteiger partial charge on any atom is 0.238 e. The molecule has 0 fully saturated rings. The molecule has 3 aromatic rings. The number of nitrogens with one attached hydrogen (secondary N) is 1. The molecule has 0 aliphatic carbocycles. The van der Waals surface area contributed by atoms with E-state index in [0.29, 0.717) is 18.1 Å². The van der Waals surface area contributed by atoms with Crippen molar-refractivity contribution < 1.29 is 4.74 Å². The monoisotopic (exact) mass is 279 g/mol. The third-order valence-corrected chi connectivity index (χ3v) is 3.42. The first-order valence-electron chi connectivity index (χ1n) is 6.79. The highest BCUT2D eigenvalue weighted by Crippen LogP contribution is 2.22. The van der Waals surface area contributed by atoms with Crippen molar-refractivity contribution in [3.05, 3.63) is 60.2 Å². The van der Waals surface area contributed by atoms with Crippen LogP contribution in [0.15, 0.2) is 54.6 Å². The van der Waals surface area contributed by atoms with E-state index >= 15 is 0 Å². The molecule has 0 radical (unpaired) electrons. The van der Waals surface area contributed by atoms with Gasteiger partial charge >= 0.3 is 0 Å². The Morgan fingerprint density at radius 3 is 2.71 bits per heavy atom. The van der Waals surface area contributed by atoms with E-state index < -0.39 is 0 Å². The Kier molecular flexibility index (Phi) is 3.60. The second-order valence-corrected chi connectivity index (χ2v) is 4.79. The summed E-state index contributed by atoms with van der Waals surface area (Å²) < 4.78 is 5.13. The number of ether oxygens (including phenoxy) is 1. The molecular formula is C17H17N3O. The van der Waals surface area contributed by atoms with Gasteiger partial charge in [-0.15, -0.1) is 0 Å². The topological polar surface area (TPSA) is 60.2 Å². The van der Waals surface area contributed by atoms with E-state index in [1.165, 1.54) is 16.3 Å². The van der Waals surface area contributed by atoms with Crippen LogP contribution in [0.3, 0.4) is 0 Å². The van der Waals surface area contributed by atoms with Crippen molar-refractivity contribution in [3.8, 4) is 5.88 Å². The molecule has 106 valence electrons. The molecule has 0 amide bonds. The minimum Gasteiger partial charge on any atom is -0.479 e. The average Bonchev–Trinajstić information content (AvgIpc) is 2.54. The number of fused-ring (bicyclic) bond motifs is 1. The molecule has 0 saturated carbocycles. The number of pyridine rings is 1. The van der Waals surface area contributed by atoms with E-state index in [-0.39, 0.29) is 0 Å². The predicted octanol–water partition coefficient (Wildman–Crippen LogP) is 3.44. The number of aromatic nitrogens is 1. The highest BCUT2D eigenvalue weighted by molar-refractivity contribution is 5.85. The SMILES string of the molecule is COc1nc(NCc2cccc3ccccc23)ccc1N. The lowest BCUT2D eigenvalue weighted by atomic mass is 10.0. The van der Waals surface area contributed by atoms with Gasteiger partial charge < -0.3 is 15.8 Å². The van der Waals surface area contributed by atoms with Crippen LogP contribution < -0.4 is 15.8 Å². The first-order chi connectivity index (χ1) is 10.3. The molecule has 1 heterocycles. The molecule has 0 aliphatic heterocycles. The number of methoxy groups -OCH3 is 1. The number of nitrogens with two attached hydrogens (primary N) is 1. The molecular weight excluding hydrogens is 262 g/mol. The highest BCUT2D eigenvalue weighted by atomic mass is 16.5. The van der Waals surface area contributed by atoms with Crippen LogP contribution in [0.4, 0.5) is 11.5 Å². The van der Waals surface area contributed by atoms with E-state index in [1.54, 1.807) is 13.2 Å². The van der Waals surface area contributed by atoms with E-state index in [4.69, 9.17) is 10.5 Å². The van der Waals surface area contributed by atoms with Gasteiger partial charge in [-0.05, 0) is 28.5 Å². The first-order valence-corrected chi connectivity index (χ1v) is 6.79. The Bertz CT molecular complexity index is 766. The van der Waals surface area contributed by atoms with Crippen LogP contribution in [0.2, 0.25) is 0 Å². The predicted molar refractivity (Wildman–Crippen MR) is 86.5 cm³/mol. The summed E-state index contributed by atoms with van der Waals surface area (Å²) in [5, 5.41) is 5.79. The van der Waals surface area contributed by atoms with Gasteiger partial charge in [0.25, 0.3) is 0 Å². The maximum absolute atomic E-state index is 5.77. The number of hydrogen-bond acceptors (Lipinski definition) is 4. The minimum absolute atomic E-state index is 0.443. The minimum atomic E-state index is 0.443. The van der Waals surface area contributed by atoms with Crippen LogP contribution in [0, 0.1) is 0 Å². The van der Waals surface area contributed by atoms with Crippen molar-refractivity contribution in [3.63, 3.8) is 0 Å². The molecule has 1 aromatic heterocycles. The molecule has 21 heavy (non-hydrogen) atoms. The fourth-order valence-corrected chi connectivity index (χ4v) is 2.35. The van der Waals surface area contributed by atoms with Gasteiger partial charge in [-0.3, -0.25) is 0 Å². The number of benzene rings is 2. The van der Waals surface area contributed by atoms with Crippen LogP contribution >= 0.6 is 0 Å². The fourth-order valence-electron chi connectivity index (χ4n) is 2.35. The van der Waals surface area contributed by atoms with E-state index in [2.05, 4.69) is 46.7 Å². The molecule has 0 unspecified atom stereocenters. The molecule has 2 aromatic carbocycles. The van der Waals surface area contributed by atoms with Crippen molar-refractivity contribution in [2.24, 2.45) is 0 Å². The Morgan fingerprint density at radius 2 is 1.86 bits per heavy atom. The van der Waals surface area contributed by atoms with Crippen molar-refractivity contribution in [2.45, 2.75) is 6.54 Å². The number of rotatable bonds is 4. The summed E-state index contributed by atoms with van der Waals surface area (Å²) in [5.41, 5.74) is 7.53. The summed E-state index contributed by atoms with van der Waals surface area (Å²) in [6.45, 7) is 0.696. The van der Waals surface area contributed by atoms with Crippen LogP contribution in [-0.2, 0) is 6.54 Å².